The van der Waals surface area contributed by atoms with Crippen LogP contribution in [0, 0.1) is 0 Å². The minimum Gasteiger partial charge on any atom is -1.00 e. The van der Waals surface area contributed by atoms with Crippen LogP contribution in [0.1, 0.15) is 0 Å². The van der Waals surface area contributed by atoms with Crippen LogP contribution < -0.4 is 54.9 Å². The van der Waals surface area contributed by atoms with E-state index in [0.717, 1.165) is 0 Å². The highest BCUT2D eigenvalue weighted by Crippen LogP contribution is -0.481. The highest BCUT2D eigenvalue weighted by Gasteiger charge is -0.369. The summed E-state index contributed by atoms with van der Waals surface area (Å²) in [7, 11) is 0. The van der Waals surface area contributed by atoms with E-state index in [1.807, 2.05) is 0 Å². The Morgan fingerprint density at radius 2 is 0.750 bits per heavy atom. The Hall–Kier alpha value is 1.27. The fourth-order valence-corrected chi connectivity index (χ4v) is 0. The second-order valence-corrected chi connectivity index (χ2v) is 0. The fraction of sp³-hybridized carbons (Fsp3) is 0. The number of rotatable bonds is 0. The zero-order valence-electron chi connectivity index (χ0n) is 2.13. The Kier molecular flexibility index (Phi) is 422. The van der Waals surface area contributed by atoms with E-state index < -0.39 is 0 Å². The van der Waals surface area contributed by atoms with Gasteiger partial charge in [-0.3, -0.25) is 0 Å². The molecule has 0 rings (SSSR count). The lowest BCUT2D eigenvalue weighted by atomic mass is 14.0. The predicted octanol–water partition coefficient (Wildman–Crippen LogP) is -8.61. The number of hydrogen-bond acceptors (Lipinski definition) is 0. The van der Waals surface area contributed by atoms with Crippen LogP contribution in [0.15, 0.2) is 0 Å². The molecule has 0 atom stereocenters. The summed E-state index contributed by atoms with van der Waals surface area (Å²) in [6.45, 7) is 0. The van der Waals surface area contributed by atoms with Crippen LogP contribution >= 0.6 is 0 Å². The molecule has 0 unspecified atom stereocenters. The summed E-state index contributed by atoms with van der Waals surface area (Å²) in [5.74, 6) is 0. The third kappa shape index (κ3) is 10.4. The van der Waals surface area contributed by atoms with Gasteiger partial charge in [-0.15, -0.1) is 0 Å². The summed E-state index contributed by atoms with van der Waals surface area (Å²) >= 11 is 0. The van der Waals surface area contributed by atoms with Crippen molar-refractivity contribution in [2.75, 3.05) is 0 Å². The zero-order chi connectivity index (χ0) is 0. The molecule has 0 radical (unpaired) electrons. The van der Waals surface area contributed by atoms with Gasteiger partial charge in [-0.05, 0) is 0 Å². The average Bonchev–Trinajstić information content (AvgIpc) is 0. The molecule has 0 saturated carbocycles. The largest absolute Gasteiger partial charge is 1.00 e. The fourth-order valence-electron chi connectivity index (χ4n) is 0. The van der Waals surface area contributed by atoms with Gasteiger partial charge in [-0.1, -0.05) is 0 Å². The Morgan fingerprint density at radius 3 is 0.750 bits per heavy atom. The molecule has 0 aromatic rings. The van der Waals surface area contributed by atoms with Crippen LogP contribution in [0.2, 0.25) is 0 Å². The van der Waals surface area contributed by atoms with Gasteiger partial charge in [0, 0.05) is 0 Å². The molecule has 1 nitrogen and oxygen atoms in total. The van der Waals surface area contributed by atoms with Crippen LogP contribution in [0.3, 0.4) is 0 Å². The van der Waals surface area contributed by atoms with E-state index in [-0.39, 0.29) is 54.9 Å². The molecule has 0 aliphatic heterocycles. The molecule has 0 fully saturated rings. The molecule has 0 saturated heterocycles. The number of hydrogen-bond donors (Lipinski definition) is 1. The van der Waals surface area contributed by atoms with E-state index in [1.54, 1.807) is 0 Å². The minimum absolute atomic E-state index is 0. The predicted molar refractivity (Wildman–Crippen MR) is 5.98 cm³/mol. The average molecular weight is 216 g/mol. The van der Waals surface area contributed by atoms with E-state index in [9.17, 15) is 0 Å². The molecule has 0 heterocycles. The summed E-state index contributed by atoms with van der Waals surface area (Å²) < 4.78 is 0. The summed E-state index contributed by atoms with van der Waals surface area (Å²) in [6.07, 6.45) is 0. The molecule has 4 heteroatoms. The van der Waals surface area contributed by atoms with E-state index in [2.05, 4.69) is 0 Å². The molecule has 0 aliphatic carbocycles. The minimum atomic E-state index is 0. The lowest BCUT2D eigenvalue weighted by Crippen LogP contribution is -3.00. The first-order valence-electron chi connectivity index (χ1n) is 0. The van der Waals surface area contributed by atoms with E-state index >= 15 is 0 Å². The van der Waals surface area contributed by atoms with Crippen LogP contribution in [-0.2, 0) is 0 Å². The maximum absolute atomic E-state index is 0. The highest BCUT2D eigenvalue weighted by atomic mass is 127. The first kappa shape index (κ1) is 59.6. The van der Waals surface area contributed by atoms with E-state index in [0.29, 0.717) is 0 Å². The lowest BCUT2D eigenvalue weighted by molar-refractivity contribution is -0.001000. The molecule has 0 aromatic heterocycles. The van der Waals surface area contributed by atoms with E-state index in [1.165, 1.54) is 0 Å². The van der Waals surface area contributed by atoms with Crippen molar-refractivity contribution in [2.45, 2.75) is 0 Å². The molecule has 0 aromatic carbocycles. The third-order valence-corrected chi connectivity index (χ3v) is 0. The van der Waals surface area contributed by atoms with Gasteiger partial charge >= 0.3 is 0 Å². The molecule has 0 spiro atoms. The smallest absolute Gasteiger partial charge is 0.369 e. The van der Waals surface area contributed by atoms with Crippen molar-refractivity contribution in [2.24, 2.45) is 0 Å². The van der Waals surface area contributed by atoms with Crippen molar-refractivity contribution in [1.82, 2.24) is 6.15 Å². The molecule has 0 aliphatic rings. The van der Waals surface area contributed by atoms with Crippen molar-refractivity contribution < 1.29 is 48.8 Å². The van der Waals surface area contributed by atoms with Gasteiger partial charge in [0.15, 0.2) is 0 Å². The number of halogens is 3. The molecule has 4 N–H and O–H groups in total. The van der Waals surface area contributed by atoms with Gasteiger partial charge in [0.1, 0.15) is 0 Å². The molecular formula is H4Cl2IN-2. The monoisotopic (exact) mass is 215 g/mol. The van der Waals surface area contributed by atoms with Crippen molar-refractivity contribution in [3.8, 4) is 0 Å². The number of quaternary nitrogens is 1. The quantitative estimate of drug-likeness (QED) is 0.390. The summed E-state index contributed by atoms with van der Waals surface area (Å²) in [6, 6.07) is 0. The van der Waals surface area contributed by atoms with Crippen molar-refractivity contribution >= 4 is 0 Å². The van der Waals surface area contributed by atoms with Crippen molar-refractivity contribution in [1.29, 1.82) is 0 Å². The summed E-state index contributed by atoms with van der Waals surface area (Å²) in [5.41, 5.74) is 0. The Balaban J connectivity index is 0. The van der Waals surface area contributed by atoms with Gasteiger partial charge in [0.05, 0.1) is 0 Å². The van der Waals surface area contributed by atoms with Crippen LogP contribution in [-0.4, -0.2) is 0 Å². The van der Waals surface area contributed by atoms with Gasteiger partial charge < -0.3 is 54.9 Å². The highest BCUT2D eigenvalue weighted by molar-refractivity contribution is 2.13. The summed E-state index contributed by atoms with van der Waals surface area (Å²) in [4.78, 5) is 0. The standard InChI is InChI=1S/2ClH.HI.H3N/h3*1H;1H3/p-2. The maximum atomic E-state index is 0. The van der Waals surface area contributed by atoms with Gasteiger partial charge in [0.25, 0.3) is 0 Å². The van der Waals surface area contributed by atoms with Crippen molar-refractivity contribution in [3.63, 3.8) is 0 Å². The molecule has 32 valence electrons. The van der Waals surface area contributed by atoms with Crippen LogP contribution in [0.5, 0.6) is 0 Å². The molecule has 4 heavy (non-hydrogen) atoms. The van der Waals surface area contributed by atoms with Gasteiger partial charge in [-0.25, -0.2) is 0 Å². The van der Waals surface area contributed by atoms with Crippen molar-refractivity contribution in [3.05, 3.63) is 0 Å². The maximum Gasteiger partial charge on any atom is -0.369 e. The van der Waals surface area contributed by atoms with Gasteiger partial charge in [0.2, 0.25) is 0 Å². The van der Waals surface area contributed by atoms with Crippen LogP contribution in [0.25, 0.3) is 0 Å². The first-order valence-corrected chi connectivity index (χ1v) is 0. The molecule has 0 bridgehead atoms. The SMILES string of the molecule is [Cl-].[Cl-].[I-].[NH4+]. The second kappa shape index (κ2) is 28.3. The topological polar surface area (TPSA) is 36.5 Å². The Morgan fingerprint density at radius 1 is 0.750 bits per heavy atom. The molecule has 0 amide bonds. The first-order chi connectivity index (χ1) is 0. The Bertz CT molecular complexity index is 6.00. The zero-order valence-corrected chi connectivity index (χ0v) is 5.80. The van der Waals surface area contributed by atoms with Gasteiger partial charge in [-0.2, -0.15) is 0 Å². The summed E-state index contributed by atoms with van der Waals surface area (Å²) in [5, 5.41) is 0. The second-order valence-electron chi connectivity index (χ2n) is 0. The molecular weight excluding hydrogens is 212 g/mol. The normalized spacial score (nSPS) is 0. The van der Waals surface area contributed by atoms with Crippen LogP contribution in [0.4, 0.5) is 0 Å². The Labute approximate surface area is 55.0 Å². The van der Waals surface area contributed by atoms with E-state index in [4.69, 9.17) is 0 Å². The lowest BCUT2D eigenvalue weighted by Gasteiger charge is -1.00. The third-order valence-electron chi connectivity index (χ3n) is 0.